The maximum atomic E-state index is 6.05. The second-order valence-corrected chi connectivity index (χ2v) is 8.95. The summed E-state index contributed by atoms with van der Waals surface area (Å²) in [5.41, 5.74) is 2.21. The summed E-state index contributed by atoms with van der Waals surface area (Å²) in [7, 11) is 0. The molecule has 0 unspecified atom stereocenters. The standard InChI is InChI=1S/C14H10Cl6/c1-2-8-6-10(13(15,16)17)7-9-4-3-5-11(12(8)9)14(18,19)20/h3-7H,2H2,1H3. The van der Waals surface area contributed by atoms with Gasteiger partial charge in [-0.05, 0) is 28.8 Å². The van der Waals surface area contributed by atoms with Gasteiger partial charge >= 0.3 is 0 Å². The predicted molar refractivity (Wildman–Crippen MR) is 91.8 cm³/mol. The third kappa shape index (κ3) is 3.43. The Morgan fingerprint density at radius 2 is 1.55 bits per heavy atom. The number of alkyl halides is 6. The second-order valence-electron chi connectivity index (χ2n) is 4.39. The largest absolute Gasteiger partial charge is 0.216 e. The van der Waals surface area contributed by atoms with Gasteiger partial charge in [-0.25, -0.2) is 0 Å². The molecule has 2 aromatic rings. The second kappa shape index (κ2) is 5.91. The third-order valence-electron chi connectivity index (χ3n) is 3.07. The van der Waals surface area contributed by atoms with E-state index < -0.39 is 7.59 Å². The van der Waals surface area contributed by atoms with E-state index in [1.165, 1.54) is 0 Å². The molecule has 0 radical (unpaired) electrons. The molecule has 0 amide bonds. The Morgan fingerprint density at radius 3 is 2.05 bits per heavy atom. The molecule has 0 atom stereocenters. The summed E-state index contributed by atoms with van der Waals surface area (Å²) in [6.45, 7) is 2.01. The lowest BCUT2D eigenvalue weighted by Crippen LogP contribution is -2.06. The molecule has 0 bridgehead atoms. The molecule has 0 spiro atoms. The first-order valence-electron chi connectivity index (χ1n) is 5.84. The first-order chi connectivity index (χ1) is 9.14. The van der Waals surface area contributed by atoms with E-state index in [1.807, 2.05) is 25.1 Å². The zero-order valence-corrected chi connectivity index (χ0v) is 14.9. The molecule has 2 rings (SSSR count). The maximum Gasteiger partial charge on any atom is 0.216 e. The molecule has 0 saturated heterocycles. The fourth-order valence-electron chi connectivity index (χ4n) is 2.20. The number of aryl methyl sites for hydroxylation is 1. The highest BCUT2D eigenvalue weighted by Gasteiger charge is 2.28. The molecule has 20 heavy (non-hydrogen) atoms. The maximum absolute atomic E-state index is 6.05. The van der Waals surface area contributed by atoms with Gasteiger partial charge in [0.25, 0.3) is 0 Å². The van der Waals surface area contributed by atoms with Crippen molar-refractivity contribution in [2.24, 2.45) is 0 Å². The van der Waals surface area contributed by atoms with E-state index >= 15 is 0 Å². The lowest BCUT2D eigenvalue weighted by Gasteiger charge is -2.20. The zero-order chi connectivity index (χ0) is 15.1. The minimum atomic E-state index is -1.50. The van der Waals surface area contributed by atoms with Crippen LogP contribution < -0.4 is 0 Å². The van der Waals surface area contributed by atoms with Gasteiger partial charge in [-0.1, -0.05) is 101 Å². The predicted octanol–water partition coefficient (Wildman–Crippen LogP) is 7.06. The van der Waals surface area contributed by atoms with Crippen molar-refractivity contribution in [3.8, 4) is 0 Å². The molecule has 0 aliphatic rings. The smallest absolute Gasteiger partial charge is 0.0784 e. The van der Waals surface area contributed by atoms with Crippen molar-refractivity contribution < 1.29 is 0 Å². The number of rotatable bonds is 1. The van der Waals surface area contributed by atoms with Crippen LogP contribution in [-0.2, 0) is 14.0 Å². The summed E-state index contributed by atoms with van der Waals surface area (Å²) in [5.74, 6) is 0. The fraction of sp³-hybridized carbons (Fsp3) is 0.286. The summed E-state index contributed by atoms with van der Waals surface area (Å²) in [4.78, 5) is 0. The summed E-state index contributed by atoms with van der Waals surface area (Å²) >= 11 is 36.1. The normalized spacial score (nSPS) is 12.9. The van der Waals surface area contributed by atoms with Gasteiger partial charge in [0.05, 0.1) is 0 Å². The molecule has 6 heteroatoms. The Morgan fingerprint density at radius 1 is 0.900 bits per heavy atom. The number of halogens is 6. The Kier molecular flexibility index (Phi) is 4.97. The van der Waals surface area contributed by atoms with E-state index in [2.05, 4.69) is 0 Å². The van der Waals surface area contributed by atoms with Crippen molar-refractivity contribution in [2.45, 2.75) is 20.9 Å². The number of benzene rings is 2. The number of fused-ring (bicyclic) bond motifs is 1. The van der Waals surface area contributed by atoms with Crippen molar-refractivity contribution in [1.29, 1.82) is 0 Å². The van der Waals surface area contributed by atoms with Gasteiger partial charge in [0, 0.05) is 11.1 Å². The van der Waals surface area contributed by atoms with Crippen LogP contribution in [0.25, 0.3) is 10.8 Å². The van der Waals surface area contributed by atoms with Crippen molar-refractivity contribution in [1.82, 2.24) is 0 Å². The van der Waals surface area contributed by atoms with Gasteiger partial charge in [0.15, 0.2) is 0 Å². The van der Waals surface area contributed by atoms with Crippen molar-refractivity contribution >= 4 is 80.4 Å². The highest BCUT2D eigenvalue weighted by Crippen LogP contribution is 2.45. The zero-order valence-electron chi connectivity index (χ0n) is 10.4. The Hall–Kier alpha value is 0.440. The minimum absolute atomic E-state index is 0.605. The molecular weight excluding hydrogens is 381 g/mol. The van der Waals surface area contributed by atoms with Crippen LogP contribution in [0.15, 0.2) is 30.3 Å². The molecule has 0 N–H and O–H groups in total. The quantitative estimate of drug-likeness (QED) is 0.457. The van der Waals surface area contributed by atoms with Crippen LogP contribution in [0.4, 0.5) is 0 Å². The SMILES string of the molecule is CCc1cc(C(Cl)(Cl)Cl)cc2cccc(C(Cl)(Cl)Cl)c12. The molecular formula is C14H10Cl6. The van der Waals surface area contributed by atoms with Gasteiger partial charge in [-0.15, -0.1) is 0 Å². The van der Waals surface area contributed by atoms with Gasteiger partial charge in [0.2, 0.25) is 7.59 Å². The van der Waals surface area contributed by atoms with Gasteiger partial charge in [-0.3, -0.25) is 0 Å². The van der Waals surface area contributed by atoms with Crippen LogP contribution in [0.2, 0.25) is 0 Å². The highest BCUT2D eigenvalue weighted by atomic mass is 35.6. The van der Waals surface area contributed by atoms with Crippen LogP contribution in [-0.4, -0.2) is 0 Å². The molecule has 0 fully saturated rings. The van der Waals surface area contributed by atoms with E-state index in [1.54, 1.807) is 12.1 Å². The summed E-state index contributed by atoms with van der Waals surface area (Å²) < 4.78 is -2.97. The van der Waals surface area contributed by atoms with Crippen LogP contribution in [0, 0.1) is 0 Å². The fourth-order valence-corrected chi connectivity index (χ4v) is 3.00. The van der Waals surface area contributed by atoms with E-state index in [4.69, 9.17) is 69.6 Å². The van der Waals surface area contributed by atoms with Crippen molar-refractivity contribution in [3.63, 3.8) is 0 Å². The lowest BCUT2D eigenvalue weighted by atomic mass is 9.96. The monoisotopic (exact) mass is 388 g/mol. The molecule has 0 aliphatic heterocycles. The molecule has 0 nitrogen and oxygen atoms in total. The van der Waals surface area contributed by atoms with Crippen LogP contribution >= 0.6 is 69.6 Å². The van der Waals surface area contributed by atoms with Crippen LogP contribution in [0.3, 0.4) is 0 Å². The molecule has 0 aliphatic carbocycles. The summed E-state index contributed by atoms with van der Waals surface area (Å²) in [6, 6.07) is 9.18. The Bertz CT molecular complexity index is 636. The first-order valence-corrected chi connectivity index (χ1v) is 8.11. The summed E-state index contributed by atoms with van der Waals surface area (Å²) in [5, 5.41) is 1.78. The van der Waals surface area contributed by atoms with Crippen molar-refractivity contribution in [3.05, 3.63) is 47.0 Å². The average molecular weight is 391 g/mol. The lowest BCUT2D eigenvalue weighted by molar-refractivity contribution is 1.12. The Labute approximate surface area is 147 Å². The molecule has 0 aromatic heterocycles. The van der Waals surface area contributed by atoms with Crippen molar-refractivity contribution in [2.75, 3.05) is 0 Å². The van der Waals surface area contributed by atoms with E-state index in [0.717, 1.165) is 22.8 Å². The van der Waals surface area contributed by atoms with E-state index in [9.17, 15) is 0 Å². The van der Waals surface area contributed by atoms with Crippen LogP contribution in [0.5, 0.6) is 0 Å². The molecule has 0 saturated carbocycles. The average Bonchev–Trinajstić information content (AvgIpc) is 2.34. The van der Waals surface area contributed by atoms with Gasteiger partial charge in [0.1, 0.15) is 0 Å². The van der Waals surface area contributed by atoms with Crippen LogP contribution in [0.1, 0.15) is 23.6 Å². The number of hydrogen-bond donors (Lipinski definition) is 0. The summed E-state index contributed by atoms with van der Waals surface area (Å²) in [6.07, 6.45) is 0.739. The molecule has 2 aromatic carbocycles. The highest BCUT2D eigenvalue weighted by molar-refractivity contribution is 6.67. The topological polar surface area (TPSA) is 0 Å². The van der Waals surface area contributed by atoms with Gasteiger partial charge < -0.3 is 0 Å². The molecule has 108 valence electrons. The van der Waals surface area contributed by atoms with Gasteiger partial charge in [-0.2, -0.15) is 0 Å². The van der Waals surface area contributed by atoms with E-state index in [-0.39, 0.29) is 0 Å². The Balaban J connectivity index is 2.84. The van der Waals surface area contributed by atoms with E-state index in [0.29, 0.717) is 11.1 Å². The number of hydrogen-bond acceptors (Lipinski definition) is 0. The minimum Gasteiger partial charge on any atom is -0.0784 e. The first kappa shape index (κ1) is 16.8. The third-order valence-corrected chi connectivity index (χ3v) is 4.34. The molecule has 0 heterocycles.